The Bertz CT molecular complexity index is 838. The minimum atomic E-state index is -0.734. The Morgan fingerprint density at radius 3 is 2.83 bits per heavy atom. The van der Waals surface area contributed by atoms with Gasteiger partial charge in [-0.15, -0.1) is 0 Å². The van der Waals surface area contributed by atoms with Gasteiger partial charge in [0.1, 0.15) is 6.04 Å². The summed E-state index contributed by atoms with van der Waals surface area (Å²) in [7, 11) is 1.38. The van der Waals surface area contributed by atoms with Gasteiger partial charge in [0, 0.05) is 18.5 Å². The number of methoxy groups -OCH3 is 1. The highest BCUT2D eigenvalue weighted by molar-refractivity contribution is 6.08. The molecule has 0 spiro atoms. The smallest absolute Gasteiger partial charge is 0.280 e. The second kappa shape index (κ2) is 5.69. The summed E-state index contributed by atoms with van der Waals surface area (Å²) in [5.74, 6) is -1.22. The van der Waals surface area contributed by atoms with Crippen molar-refractivity contribution in [3.63, 3.8) is 0 Å². The van der Waals surface area contributed by atoms with Gasteiger partial charge in [-0.1, -0.05) is 0 Å². The molecule has 0 radical (unpaired) electrons. The third-order valence-corrected chi connectivity index (χ3v) is 3.59. The lowest BCUT2D eigenvalue weighted by atomic mass is 9.95. The fourth-order valence-electron chi connectivity index (χ4n) is 2.54. The van der Waals surface area contributed by atoms with E-state index in [9.17, 15) is 14.4 Å². The maximum absolute atomic E-state index is 12.5. The van der Waals surface area contributed by atoms with Crippen LogP contribution in [0.3, 0.4) is 0 Å². The number of pyridine rings is 1. The largest absolute Gasteiger partial charge is 0.480 e. The van der Waals surface area contributed by atoms with E-state index in [4.69, 9.17) is 15.0 Å². The fraction of sp³-hybridized carbons (Fsp3) is 0.286. The number of nitrogens with one attached hydrogen (secondary N) is 2. The topological polar surface area (TPSA) is 140 Å². The number of carbonyl (C=O) groups is 2. The van der Waals surface area contributed by atoms with Gasteiger partial charge in [0.25, 0.3) is 5.56 Å². The highest BCUT2D eigenvalue weighted by atomic mass is 16.5. The summed E-state index contributed by atoms with van der Waals surface area (Å²) in [6.45, 7) is 0.538. The summed E-state index contributed by atoms with van der Waals surface area (Å²) >= 11 is 0. The summed E-state index contributed by atoms with van der Waals surface area (Å²) in [5, 5.41) is 5.02. The molecule has 1 amide bonds. The molecule has 1 aliphatic heterocycles. The first-order chi connectivity index (χ1) is 11.0. The molecule has 0 aliphatic carbocycles. The monoisotopic (exact) mass is 318 g/mol. The highest BCUT2D eigenvalue weighted by Gasteiger charge is 2.29. The van der Waals surface area contributed by atoms with Crippen LogP contribution >= 0.6 is 0 Å². The van der Waals surface area contributed by atoms with E-state index < -0.39 is 23.3 Å². The van der Waals surface area contributed by atoms with Gasteiger partial charge in [-0.25, -0.2) is 4.98 Å². The van der Waals surface area contributed by atoms with Crippen molar-refractivity contribution in [2.45, 2.75) is 12.5 Å². The van der Waals surface area contributed by atoms with Gasteiger partial charge in [-0.2, -0.15) is 5.16 Å². The lowest BCUT2D eigenvalue weighted by Crippen LogP contribution is -2.39. The lowest BCUT2D eigenvalue weighted by Gasteiger charge is -2.24. The van der Waals surface area contributed by atoms with Crippen LogP contribution in [0.2, 0.25) is 0 Å². The first kappa shape index (κ1) is 15.0. The van der Waals surface area contributed by atoms with Gasteiger partial charge in [0.15, 0.2) is 0 Å². The predicted octanol–water partition coefficient (Wildman–Crippen LogP) is -0.725. The molecule has 0 aromatic carbocycles. The van der Waals surface area contributed by atoms with Gasteiger partial charge in [-0.05, 0) is 6.07 Å². The van der Waals surface area contributed by atoms with Crippen LogP contribution in [-0.4, -0.2) is 35.5 Å². The Morgan fingerprint density at radius 2 is 2.22 bits per heavy atom. The van der Waals surface area contributed by atoms with Gasteiger partial charge in [0.05, 0.1) is 24.4 Å². The third kappa shape index (κ3) is 2.61. The number of H-pyrrole nitrogens is 1. The van der Waals surface area contributed by atoms with Crippen molar-refractivity contribution in [3.8, 4) is 5.88 Å². The number of fused-ring (bicyclic) bond motifs is 1. The first-order valence-corrected chi connectivity index (χ1v) is 6.85. The number of aromatic amines is 1. The summed E-state index contributed by atoms with van der Waals surface area (Å²) in [6.07, 6.45) is 0.573. The van der Waals surface area contributed by atoms with E-state index in [0.29, 0.717) is 24.2 Å². The molecule has 9 heteroatoms. The molecule has 1 atom stereocenters. The first-order valence-electron chi connectivity index (χ1n) is 6.85. The van der Waals surface area contributed by atoms with Crippen LogP contribution in [0, 0.1) is 0 Å². The lowest BCUT2D eigenvalue weighted by molar-refractivity contribution is -0.120. The number of carbonyl (C=O) groups excluding carboxylic acids is 2. The number of nitrogens with two attached hydrogens (primary N) is 1. The Hall–Kier alpha value is -2.94. The zero-order valence-electron chi connectivity index (χ0n) is 12.2. The van der Waals surface area contributed by atoms with Crippen molar-refractivity contribution in [2.75, 3.05) is 13.7 Å². The molecular formula is C14H14N4O5. The molecule has 3 rings (SSSR count). The highest BCUT2D eigenvalue weighted by Crippen LogP contribution is 2.28. The van der Waals surface area contributed by atoms with Crippen molar-refractivity contribution in [2.24, 2.45) is 5.73 Å². The standard InChI is InChI=1S/C14H14N4O5/c1-22-14-7(12(20)9-5-10(19)18-23-9)4-6-8(17-14)2-3-16-11(6)13(15)21/h4-5,11,16H,2-3H2,1H3,(H2,15,21)(H,18,19). The molecule has 9 nitrogen and oxygen atoms in total. The molecule has 0 saturated heterocycles. The zero-order valence-corrected chi connectivity index (χ0v) is 12.2. The molecule has 4 N–H and O–H groups in total. The molecule has 1 unspecified atom stereocenters. The van der Waals surface area contributed by atoms with Gasteiger partial charge in [-0.3, -0.25) is 14.4 Å². The van der Waals surface area contributed by atoms with E-state index >= 15 is 0 Å². The summed E-state index contributed by atoms with van der Waals surface area (Å²) in [6, 6.07) is 1.80. The van der Waals surface area contributed by atoms with Gasteiger partial charge >= 0.3 is 0 Å². The van der Waals surface area contributed by atoms with Crippen LogP contribution in [-0.2, 0) is 11.2 Å². The van der Waals surface area contributed by atoms with Crippen molar-refractivity contribution < 1.29 is 18.8 Å². The Kier molecular flexibility index (Phi) is 3.70. The Balaban J connectivity index is 2.13. The normalized spacial score (nSPS) is 16.7. The second-order valence-electron chi connectivity index (χ2n) is 5.03. The van der Waals surface area contributed by atoms with E-state index in [1.807, 2.05) is 5.16 Å². The van der Waals surface area contributed by atoms with E-state index in [1.165, 1.54) is 13.2 Å². The fourth-order valence-corrected chi connectivity index (χ4v) is 2.54. The van der Waals surface area contributed by atoms with Crippen LogP contribution in [0.5, 0.6) is 5.88 Å². The average molecular weight is 318 g/mol. The van der Waals surface area contributed by atoms with Gasteiger partial charge in [0.2, 0.25) is 23.3 Å². The molecule has 0 fully saturated rings. The summed E-state index contributed by atoms with van der Waals surface area (Å²) in [5.41, 5.74) is 6.09. The van der Waals surface area contributed by atoms with Crippen LogP contribution in [0.25, 0.3) is 0 Å². The minimum Gasteiger partial charge on any atom is -0.480 e. The molecule has 23 heavy (non-hydrogen) atoms. The minimum absolute atomic E-state index is 0.0870. The van der Waals surface area contributed by atoms with Crippen molar-refractivity contribution in [1.29, 1.82) is 0 Å². The second-order valence-corrected chi connectivity index (χ2v) is 5.03. The number of nitrogens with zero attached hydrogens (tertiary/aromatic N) is 1. The number of rotatable bonds is 4. The number of hydrogen-bond donors (Lipinski definition) is 3. The molecule has 3 heterocycles. The van der Waals surface area contributed by atoms with Crippen molar-refractivity contribution in [3.05, 3.63) is 45.1 Å². The summed E-state index contributed by atoms with van der Waals surface area (Å²) in [4.78, 5) is 39.5. The number of primary amides is 1. The van der Waals surface area contributed by atoms with E-state index in [-0.39, 0.29) is 17.2 Å². The third-order valence-electron chi connectivity index (χ3n) is 3.59. The van der Waals surface area contributed by atoms with Gasteiger partial charge < -0.3 is 20.3 Å². The van der Waals surface area contributed by atoms with Crippen LogP contribution < -0.4 is 21.3 Å². The number of ketones is 1. The SMILES string of the molecule is COc1nc2c(cc1C(=O)c1cc(=O)[nH]o1)C(C(N)=O)NCC2. The molecule has 120 valence electrons. The Labute approximate surface area is 129 Å². The molecule has 1 aliphatic rings. The van der Waals surface area contributed by atoms with Crippen molar-refractivity contribution in [1.82, 2.24) is 15.5 Å². The molecule has 0 bridgehead atoms. The molecule has 2 aromatic heterocycles. The van der Waals surface area contributed by atoms with E-state index in [2.05, 4.69) is 10.3 Å². The molecular weight excluding hydrogens is 304 g/mol. The number of amides is 1. The van der Waals surface area contributed by atoms with E-state index in [0.717, 1.165) is 6.07 Å². The summed E-state index contributed by atoms with van der Waals surface area (Å²) < 4.78 is 9.98. The van der Waals surface area contributed by atoms with E-state index in [1.54, 1.807) is 0 Å². The predicted molar refractivity (Wildman–Crippen MR) is 77.2 cm³/mol. The quantitative estimate of drug-likeness (QED) is 0.631. The molecule has 0 saturated carbocycles. The van der Waals surface area contributed by atoms with Crippen LogP contribution in [0.1, 0.15) is 33.4 Å². The Morgan fingerprint density at radius 1 is 1.43 bits per heavy atom. The maximum atomic E-state index is 12.5. The van der Waals surface area contributed by atoms with Crippen LogP contribution in [0.15, 0.2) is 21.5 Å². The average Bonchev–Trinajstić information content (AvgIpc) is 2.98. The van der Waals surface area contributed by atoms with Crippen molar-refractivity contribution >= 4 is 11.7 Å². The number of aromatic nitrogens is 2. The zero-order chi connectivity index (χ0) is 16.6. The number of hydrogen-bond acceptors (Lipinski definition) is 7. The number of ether oxygens (including phenoxy) is 1. The van der Waals surface area contributed by atoms with Crippen LogP contribution in [0.4, 0.5) is 0 Å². The maximum Gasteiger partial charge on any atom is 0.280 e. The molecule has 2 aromatic rings.